The van der Waals surface area contributed by atoms with Crippen molar-refractivity contribution in [2.24, 2.45) is 0 Å². The number of para-hydroxylation sites is 1. The van der Waals surface area contributed by atoms with Crippen molar-refractivity contribution < 1.29 is 0 Å². The molecule has 0 aliphatic heterocycles. The minimum Gasteiger partial charge on any atom is -0.378 e. The van der Waals surface area contributed by atoms with Gasteiger partial charge in [0.05, 0.1) is 11.1 Å². The van der Waals surface area contributed by atoms with Crippen molar-refractivity contribution in [1.29, 1.82) is 0 Å². The molecule has 1 aliphatic rings. The lowest BCUT2D eigenvalue weighted by Gasteiger charge is -2.17. The summed E-state index contributed by atoms with van der Waals surface area (Å²) >= 11 is 5.98. The SMILES string of the molecule is ClCC1(Nc2ccnc3ccccc23)CC1. The summed E-state index contributed by atoms with van der Waals surface area (Å²) in [5, 5.41) is 4.72. The van der Waals surface area contributed by atoms with Gasteiger partial charge in [0, 0.05) is 23.2 Å². The molecule has 2 nitrogen and oxygen atoms in total. The number of hydrogen-bond donors (Lipinski definition) is 1. The zero-order valence-electron chi connectivity index (χ0n) is 8.91. The normalized spacial score (nSPS) is 17.3. The summed E-state index contributed by atoms with van der Waals surface area (Å²) in [6.45, 7) is 0. The van der Waals surface area contributed by atoms with Crippen LogP contribution >= 0.6 is 11.6 Å². The largest absolute Gasteiger partial charge is 0.378 e. The molecule has 0 bridgehead atoms. The second-order valence-corrected chi connectivity index (χ2v) is 4.68. The molecule has 0 saturated heterocycles. The van der Waals surface area contributed by atoms with E-state index in [2.05, 4.69) is 16.4 Å². The summed E-state index contributed by atoms with van der Waals surface area (Å²) in [6, 6.07) is 10.2. The number of nitrogens with zero attached hydrogens (tertiary/aromatic N) is 1. The van der Waals surface area contributed by atoms with E-state index in [9.17, 15) is 0 Å². The third-order valence-corrected chi connectivity index (χ3v) is 3.67. The number of anilines is 1. The van der Waals surface area contributed by atoms with Crippen molar-refractivity contribution in [2.75, 3.05) is 11.2 Å². The minimum absolute atomic E-state index is 0.131. The fraction of sp³-hybridized carbons (Fsp3) is 0.308. The molecule has 0 atom stereocenters. The van der Waals surface area contributed by atoms with Gasteiger partial charge in [0.15, 0.2) is 0 Å². The molecule has 3 rings (SSSR count). The lowest BCUT2D eigenvalue weighted by molar-refractivity contribution is 0.840. The summed E-state index contributed by atoms with van der Waals surface area (Å²) in [5.41, 5.74) is 2.30. The topological polar surface area (TPSA) is 24.9 Å². The van der Waals surface area contributed by atoms with Gasteiger partial charge >= 0.3 is 0 Å². The summed E-state index contributed by atoms with van der Waals surface area (Å²) in [7, 11) is 0. The van der Waals surface area contributed by atoms with Crippen LogP contribution in [0.2, 0.25) is 0 Å². The highest BCUT2D eigenvalue weighted by Crippen LogP contribution is 2.41. The molecule has 1 N–H and O–H groups in total. The molecule has 1 aromatic heterocycles. The van der Waals surface area contributed by atoms with Crippen molar-refractivity contribution in [3.63, 3.8) is 0 Å². The second-order valence-electron chi connectivity index (χ2n) is 4.41. The number of hydrogen-bond acceptors (Lipinski definition) is 2. The van der Waals surface area contributed by atoms with E-state index in [0.717, 1.165) is 24.0 Å². The molecule has 2 aromatic rings. The Morgan fingerprint density at radius 2 is 2.06 bits per heavy atom. The first-order chi connectivity index (χ1) is 7.83. The molecular weight excluding hydrogens is 220 g/mol. The van der Waals surface area contributed by atoms with Gasteiger partial charge in [-0.25, -0.2) is 0 Å². The third-order valence-electron chi connectivity index (χ3n) is 3.16. The predicted octanol–water partition coefficient (Wildman–Crippen LogP) is 3.42. The van der Waals surface area contributed by atoms with Crippen LogP contribution in [0.5, 0.6) is 0 Å². The predicted molar refractivity (Wildman–Crippen MR) is 68.1 cm³/mol. The van der Waals surface area contributed by atoms with Crippen LogP contribution in [-0.4, -0.2) is 16.4 Å². The Morgan fingerprint density at radius 1 is 1.25 bits per heavy atom. The quantitative estimate of drug-likeness (QED) is 0.821. The van der Waals surface area contributed by atoms with E-state index in [1.807, 2.05) is 30.5 Å². The highest BCUT2D eigenvalue weighted by Gasteiger charge is 2.41. The van der Waals surface area contributed by atoms with Crippen LogP contribution in [0.15, 0.2) is 36.5 Å². The monoisotopic (exact) mass is 232 g/mol. The first-order valence-corrected chi connectivity index (χ1v) is 6.04. The molecule has 1 heterocycles. The Hall–Kier alpha value is -1.28. The summed E-state index contributed by atoms with van der Waals surface area (Å²) in [4.78, 5) is 4.35. The van der Waals surface area contributed by atoms with Gasteiger partial charge in [-0.2, -0.15) is 0 Å². The van der Waals surface area contributed by atoms with Gasteiger partial charge in [0.1, 0.15) is 0 Å². The van der Waals surface area contributed by atoms with Crippen molar-refractivity contribution in [3.05, 3.63) is 36.5 Å². The van der Waals surface area contributed by atoms with Crippen LogP contribution in [0.25, 0.3) is 10.9 Å². The van der Waals surface area contributed by atoms with Gasteiger partial charge in [-0.15, -0.1) is 11.6 Å². The molecular formula is C13H13ClN2. The van der Waals surface area contributed by atoms with Crippen molar-refractivity contribution in [3.8, 4) is 0 Å². The van der Waals surface area contributed by atoms with E-state index in [1.165, 1.54) is 5.39 Å². The van der Waals surface area contributed by atoms with E-state index < -0.39 is 0 Å². The second kappa shape index (κ2) is 3.63. The molecule has 0 unspecified atom stereocenters. The standard InChI is InChI=1S/C13H13ClN2/c14-9-13(6-7-13)16-12-5-8-15-11-4-2-1-3-10(11)12/h1-5,8H,6-7,9H2,(H,15,16). The number of aromatic nitrogens is 1. The van der Waals surface area contributed by atoms with Crippen molar-refractivity contribution in [1.82, 2.24) is 4.98 Å². The van der Waals surface area contributed by atoms with Crippen molar-refractivity contribution in [2.45, 2.75) is 18.4 Å². The fourth-order valence-corrected chi connectivity index (χ4v) is 2.27. The van der Waals surface area contributed by atoms with Crippen LogP contribution in [0.1, 0.15) is 12.8 Å². The Kier molecular flexibility index (Phi) is 2.25. The van der Waals surface area contributed by atoms with E-state index in [0.29, 0.717) is 5.88 Å². The Balaban J connectivity index is 2.03. The van der Waals surface area contributed by atoms with E-state index in [1.54, 1.807) is 0 Å². The lowest BCUT2D eigenvalue weighted by atomic mass is 10.1. The molecule has 0 amide bonds. The molecule has 1 aliphatic carbocycles. The molecule has 0 spiro atoms. The number of halogens is 1. The average Bonchev–Trinajstić information content (AvgIpc) is 3.10. The van der Waals surface area contributed by atoms with E-state index >= 15 is 0 Å². The third kappa shape index (κ3) is 1.63. The van der Waals surface area contributed by atoms with Crippen molar-refractivity contribution >= 4 is 28.2 Å². The molecule has 16 heavy (non-hydrogen) atoms. The van der Waals surface area contributed by atoms with Gasteiger partial charge in [-0.05, 0) is 25.0 Å². The van der Waals surface area contributed by atoms with Crippen LogP contribution in [-0.2, 0) is 0 Å². The van der Waals surface area contributed by atoms with Gasteiger partial charge in [0.25, 0.3) is 0 Å². The molecule has 1 saturated carbocycles. The summed E-state index contributed by atoms with van der Waals surface area (Å²) in [5.74, 6) is 0.670. The fourth-order valence-electron chi connectivity index (χ4n) is 1.93. The first kappa shape index (κ1) is 9.91. The molecule has 3 heteroatoms. The number of fused-ring (bicyclic) bond motifs is 1. The van der Waals surface area contributed by atoms with Crippen LogP contribution in [0.4, 0.5) is 5.69 Å². The van der Waals surface area contributed by atoms with Crippen LogP contribution in [0, 0.1) is 0 Å². The smallest absolute Gasteiger partial charge is 0.0722 e. The highest BCUT2D eigenvalue weighted by atomic mass is 35.5. The molecule has 82 valence electrons. The molecule has 1 fully saturated rings. The maximum atomic E-state index is 5.98. The van der Waals surface area contributed by atoms with Gasteiger partial charge in [-0.3, -0.25) is 4.98 Å². The zero-order chi connectivity index (χ0) is 11.0. The Labute approximate surface area is 99.6 Å². The number of pyridine rings is 1. The summed E-state index contributed by atoms with van der Waals surface area (Å²) in [6.07, 6.45) is 4.16. The first-order valence-electron chi connectivity index (χ1n) is 5.51. The van der Waals surface area contributed by atoms with Gasteiger partial charge < -0.3 is 5.32 Å². The maximum Gasteiger partial charge on any atom is 0.0722 e. The number of rotatable bonds is 3. The highest BCUT2D eigenvalue weighted by molar-refractivity contribution is 6.19. The Morgan fingerprint density at radius 3 is 2.81 bits per heavy atom. The molecule has 1 aromatic carbocycles. The van der Waals surface area contributed by atoms with E-state index in [4.69, 9.17) is 11.6 Å². The minimum atomic E-state index is 0.131. The number of benzene rings is 1. The number of nitrogens with one attached hydrogen (secondary N) is 1. The zero-order valence-corrected chi connectivity index (χ0v) is 9.67. The van der Waals surface area contributed by atoms with Crippen LogP contribution in [0.3, 0.4) is 0 Å². The average molecular weight is 233 g/mol. The maximum absolute atomic E-state index is 5.98. The lowest BCUT2D eigenvalue weighted by Crippen LogP contribution is -2.23. The van der Waals surface area contributed by atoms with Gasteiger partial charge in [0.2, 0.25) is 0 Å². The van der Waals surface area contributed by atoms with Gasteiger partial charge in [-0.1, -0.05) is 18.2 Å². The number of alkyl halides is 1. The van der Waals surface area contributed by atoms with Crippen LogP contribution < -0.4 is 5.32 Å². The summed E-state index contributed by atoms with van der Waals surface area (Å²) < 4.78 is 0. The molecule has 0 radical (unpaired) electrons. The van der Waals surface area contributed by atoms with E-state index in [-0.39, 0.29) is 5.54 Å². The Bertz CT molecular complexity index is 515.